The Morgan fingerprint density at radius 1 is 1.12 bits per heavy atom. The Labute approximate surface area is 150 Å². The Balaban J connectivity index is 1.33. The maximum absolute atomic E-state index is 12.2. The monoisotopic (exact) mass is 356 g/mol. The van der Waals surface area contributed by atoms with E-state index >= 15 is 0 Å². The Hall–Kier alpha value is -2.15. The molecule has 0 aliphatic carbocycles. The molecule has 0 radical (unpaired) electrons. The highest BCUT2D eigenvalue weighted by Crippen LogP contribution is 2.32. The van der Waals surface area contributed by atoms with E-state index < -0.39 is 0 Å². The summed E-state index contributed by atoms with van der Waals surface area (Å²) in [5.41, 5.74) is 1.96. The first kappa shape index (κ1) is 16.3. The smallest absolute Gasteiger partial charge is 0.319 e. The Bertz CT molecular complexity index is 732. The van der Waals surface area contributed by atoms with Crippen molar-refractivity contribution in [2.24, 2.45) is 5.92 Å². The molecule has 2 aliphatic rings. The molecule has 25 heavy (non-hydrogen) atoms. The Morgan fingerprint density at radius 2 is 1.96 bits per heavy atom. The lowest BCUT2D eigenvalue weighted by Gasteiger charge is -2.18. The third-order valence-corrected chi connectivity index (χ3v) is 5.22. The predicted octanol–water partition coefficient (Wildman–Crippen LogP) is 3.37. The van der Waals surface area contributed by atoms with E-state index in [1.165, 1.54) is 5.56 Å². The van der Waals surface area contributed by atoms with Crippen molar-refractivity contribution in [1.29, 1.82) is 0 Å². The van der Waals surface area contributed by atoms with Gasteiger partial charge in [0.05, 0.1) is 25.4 Å². The fourth-order valence-corrected chi connectivity index (χ4v) is 3.91. The highest BCUT2D eigenvalue weighted by atomic mass is 32.1. The number of carbonyl (C=O) groups excluding carboxylic acids is 1. The molecule has 4 atom stereocenters. The van der Waals surface area contributed by atoms with Crippen LogP contribution in [-0.4, -0.2) is 37.5 Å². The minimum Gasteiger partial charge on any atom is -0.373 e. The Morgan fingerprint density at radius 3 is 2.76 bits per heavy atom. The number of anilines is 1. The summed E-state index contributed by atoms with van der Waals surface area (Å²) in [6.07, 6.45) is 4.16. The number of benzene rings is 1. The highest BCUT2D eigenvalue weighted by molar-refractivity contribution is 7.08. The second-order valence-corrected chi connectivity index (χ2v) is 7.03. The molecular formula is C19H20N2O3S. The summed E-state index contributed by atoms with van der Waals surface area (Å²) in [4.78, 5) is 12.2. The number of thiophene rings is 1. The molecule has 0 spiro atoms. The van der Waals surface area contributed by atoms with Crippen LogP contribution in [0.1, 0.15) is 5.56 Å². The molecule has 2 aromatic rings. The lowest BCUT2D eigenvalue weighted by atomic mass is 9.99. The summed E-state index contributed by atoms with van der Waals surface area (Å²) in [6.45, 7) is 1.09. The molecule has 1 aromatic carbocycles. The van der Waals surface area contributed by atoms with Gasteiger partial charge in [-0.1, -0.05) is 30.4 Å². The van der Waals surface area contributed by atoms with Gasteiger partial charge in [-0.25, -0.2) is 4.79 Å². The zero-order valence-corrected chi connectivity index (χ0v) is 14.4. The normalized spacial score (nSPS) is 28.2. The minimum atomic E-state index is -0.235. The molecule has 1 aromatic heterocycles. The second-order valence-electron chi connectivity index (χ2n) is 6.25. The molecule has 0 unspecified atom stereocenters. The van der Waals surface area contributed by atoms with Gasteiger partial charge < -0.3 is 20.1 Å². The maximum Gasteiger partial charge on any atom is 0.319 e. The molecule has 130 valence electrons. The topological polar surface area (TPSA) is 59.6 Å². The third-order valence-electron chi connectivity index (χ3n) is 4.52. The van der Waals surface area contributed by atoms with Crippen LogP contribution in [-0.2, 0) is 9.47 Å². The van der Waals surface area contributed by atoms with Crippen LogP contribution in [0.4, 0.5) is 10.5 Å². The molecule has 2 aliphatic heterocycles. The van der Waals surface area contributed by atoms with Gasteiger partial charge in [0, 0.05) is 11.6 Å². The number of fused-ring (bicyclic) bond motifs is 1. The number of hydrogen-bond acceptors (Lipinski definition) is 4. The highest BCUT2D eigenvalue weighted by Gasteiger charge is 2.47. The van der Waals surface area contributed by atoms with Crippen LogP contribution in [0.3, 0.4) is 0 Å². The van der Waals surface area contributed by atoms with E-state index in [0.29, 0.717) is 13.2 Å². The third kappa shape index (κ3) is 3.76. The van der Waals surface area contributed by atoms with Gasteiger partial charge in [0.2, 0.25) is 0 Å². The van der Waals surface area contributed by atoms with Gasteiger partial charge >= 0.3 is 6.03 Å². The lowest BCUT2D eigenvalue weighted by molar-refractivity contribution is 0.0662. The molecule has 0 bridgehead atoms. The number of carbonyl (C=O) groups is 1. The van der Waals surface area contributed by atoms with E-state index in [2.05, 4.69) is 39.6 Å². The summed E-state index contributed by atoms with van der Waals surface area (Å²) >= 11 is 1.68. The van der Waals surface area contributed by atoms with Crippen LogP contribution in [0.2, 0.25) is 0 Å². The van der Waals surface area contributed by atoms with Gasteiger partial charge in [0.25, 0.3) is 0 Å². The molecule has 3 heterocycles. The number of ether oxygens (including phenoxy) is 2. The Kier molecular flexibility index (Phi) is 4.83. The number of hydrogen-bond donors (Lipinski definition) is 2. The molecule has 2 N–H and O–H groups in total. The zero-order valence-electron chi connectivity index (χ0n) is 13.6. The van der Waals surface area contributed by atoms with E-state index in [0.717, 1.165) is 5.69 Å². The van der Waals surface area contributed by atoms with E-state index in [1.807, 2.05) is 30.3 Å². The van der Waals surface area contributed by atoms with Crippen LogP contribution < -0.4 is 10.6 Å². The lowest BCUT2D eigenvalue weighted by Crippen LogP contribution is -2.45. The fourth-order valence-electron chi connectivity index (χ4n) is 3.28. The molecule has 5 nitrogen and oxygen atoms in total. The molecule has 2 amide bonds. The van der Waals surface area contributed by atoms with Crippen molar-refractivity contribution in [3.8, 4) is 0 Å². The quantitative estimate of drug-likeness (QED) is 0.883. The predicted molar refractivity (Wildman–Crippen MR) is 98.7 cm³/mol. The van der Waals surface area contributed by atoms with E-state index in [1.54, 1.807) is 11.3 Å². The van der Waals surface area contributed by atoms with Gasteiger partial charge in [-0.15, -0.1) is 0 Å². The first-order valence-corrected chi connectivity index (χ1v) is 9.30. The second kappa shape index (κ2) is 7.39. The van der Waals surface area contributed by atoms with Crippen LogP contribution in [0.15, 0.2) is 53.2 Å². The van der Waals surface area contributed by atoms with E-state index in [4.69, 9.17) is 9.47 Å². The maximum atomic E-state index is 12.2. The number of rotatable bonds is 4. The molecule has 0 saturated carbocycles. The van der Waals surface area contributed by atoms with Crippen molar-refractivity contribution in [3.05, 3.63) is 58.8 Å². The average Bonchev–Trinajstić information content (AvgIpc) is 3.33. The molecular weight excluding hydrogens is 336 g/mol. The van der Waals surface area contributed by atoms with Crippen LogP contribution in [0, 0.1) is 5.92 Å². The van der Waals surface area contributed by atoms with E-state index in [9.17, 15) is 4.79 Å². The van der Waals surface area contributed by atoms with E-state index in [-0.39, 0.29) is 30.2 Å². The van der Waals surface area contributed by atoms with Crippen molar-refractivity contribution >= 4 is 29.1 Å². The summed E-state index contributed by atoms with van der Waals surface area (Å²) in [7, 11) is 0. The van der Waals surface area contributed by atoms with Crippen molar-refractivity contribution in [1.82, 2.24) is 5.32 Å². The van der Waals surface area contributed by atoms with Crippen molar-refractivity contribution in [3.63, 3.8) is 0 Å². The van der Waals surface area contributed by atoms with Gasteiger partial charge in [-0.2, -0.15) is 11.3 Å². The largest absolute Gasteiger partial charge is 0.373 e. The first-order chi connectivity index (χ1) is 12.3. The summed E-state index contributed by atoms with van der Waals surface area (Å²) < 4.78 is 11.8. The molecule has 6 heteroatoms. The minimum absolute atomic E-state index is 0.00286. The van der Waals surface area contributed by atoms with Crippen LogP contribution in [0.5, 0.6) is 0 Å². The number of urea groups is 1. The van der Waals surface area contributed by atoms with Gasteiger partial charge in [0.15, 0.2) is 0 Å². The summed E-state index contributed by atoms with van der Waals surface area (Å²) in [5, 5.41) is 9.97. The van der Waals surface area contributed by atoms with Gasteiger partial charge in [0.1, 0.15) is 6.10 Å². The van der Waals surface area contributed by atoms with Crippen LogP contribution in [0.25, 0.3) is 6.08 Å². The van der Waals surface area contributed by atoms with Crippen LogP contribution >= 0.6 is 11.3 Å². The molecule has 4 rings (SSSR count). The summed E-state index contributed by atoms with van der Waals surface area (Å²) in [6, 6.07) is 11.1. The number of nitrogens with one attached hydrogen (secondary N) is 2. The first-order valence-electron chi connectivity index (χ1n) is 8.36. The SMILES string of the molecule is O=C(Nc1ccccc1)N[C@H]1CO[C@H]2[C@@H]1OC[C@@H]2/C=C\c1ccsc1. The standard InChI is InChI=1S/C19H20N2O3S/c22-19(20-15-4-2-1-3-5-15)21-16-11-24-17-14(10-23-18(16)17)7-6-13-8-9-25-12-13/h1-9,12,14,16-18H,10-11H2,(H2,20,21,22)/b7-6-/t14-,16-,17+,18+/m0/s1. The zero-order chi connectivity index (χ0) is 17.1. The molecule has 2 saturated heterocycles. The molecule has 2 fully saturated rings. The van der Waals surface area contributed by atoms with Gasteiger partial charge in [-0.05, 0) is 34.5 Å². The van der Waals surface area contributed by atoms with Gasteiger partial charge in [-0.3, -0.25) is 0 Å². The van der Waals surface area contributed by atoms with Crippen molar-refractivity contribution < 1.29 is 14.3 Å². The average molecular weight is 356 g/mol. The number of amides is 2. The fraction of sp³-hybridized carbons (Fsp3) is 0.316. The number of para-hydroxylation sites is 1. The van der Waals surface area contributed by atoms with Crippen molar-refractivity contribution in [2.75, 3.05) is 18.5 Å². The van der Waals surface area contributed by atoms with Crippen molar-refractivity contribution in [2.45, 2.75) is 18.2 Å². The summed E-state index contributed by atoms with van der Waals surface area (Å²) in [5.74, 6) is 0.217.